The molecule has 0 spiro atoms. The van der Waals surface area contributed by atoms with Crippen molar-refractivity contribution >= 4 is 20.9 Å². The molecule has 0 atom stereocenters. The molecule has 0 amide bonds. The Balaban J connectivity index is 2.75. The topological polar surface area (TPSA) is 83.8 Å². The van der Waals surface area contributed by atoms with Crippen LogP contribution >= 0.6 is 0 Å². The van der Waals surface area contributed by atoms with Gasteiger partial charge in [-0.1, -0.05) is 6.07 Å². The Morgan fingerprint density at radius 1 is 1.12 bits per heavy atom. The van der Waals surface area contributed by atoms with Gasteiger partial charge in [0.2, 0.25) is 0 Å². The Morgan fingerprint density at radius 2 is 1.82 bits per heavy atom. The molecule has 0 saturated heterocycles. The lowest BCUT2D eigenvalue weighted by molar-refractivity contribution is 0.415. The number of phenols is 1. The highest BCUT2D eigenvalue weighted by Gasteiger charge is 2.16. The molecule has 0 aromatic heterocycles. The number of aromatic hydroxyl groups is 1. The molecule has 0 aliphatic heterocycles. The molecule has 0 aliphatic rings. The number of methoxy groups -OCH3 is 1. The van der Waals surface area contributed by atoms with Crippen molar-refractivity contribution in [3.05, 3.63) is 30.3 Å². The van der Waals surface area contributed by atoms with Crippen LogP contribution in [0.1, 0.15) is 0 Å². The van der Waals surface area contributed by atoms with Gasteiger partial charge >= 0.3 is 0 Å². The molecule has 0 fully saturated rings. The molecule has 2 aromatic carbocycles. The first kappa shape index (κ1) is 11.7. The lowest BCUT2D eigenvalue weighted by atomic mass is 10.1. The van der Waals surface area contributed by atoms with Gasteiger partial charge in [-0.2, -0.15) is 8.42 Å². The molecule has 2 rings (SSSR count). The molecule has 0 unspecified atom stereocenters. The van der Waals surface area contributed by atoms with Crippen LogP contribution in [0.2, 0.25) is 0 Å². The van der Waals surface area contributed by atoms with E-state index in [-0.39, 0.29) is 0 Å². The molecule has 6 heteroatoms. The van der Waals surface area contributed by atoms with Gasteiger partial charge in [-0.3, -0.25) is 4.55 Å². The molecule has 2 N–H and O–H groups in total. The Kier molecular flexibility index (Phi) is 2.68. The molecule has 0 heterocycles. The van der Waals surface area contributed by atoms with Crippen molar-refractivity contribution in [2.24, 2.45) is 0 Å². The Hall–Kier alpha value is -1.79. The summed E-state index contributed by atoms with van der Waals surface area (Å²) in [6.07, 6.45) is 0. The molecule has 2 aromatic rings. The highest BCUT2D eigenvalue weighted by atomic mass is 32.2. The fourth-order valence-corrected chi connectivity index (χ4v) is 2.18. The average Bonchev–Trinajstić information content (AvgIpc) is 2.25. The molecule has 90 valence electrons. The molecular formula is C11H10O5S. The van der Waals surface area contributed by atoms with Gasteiger partial charge in [0.1, 0.15) is 16.4 Å². The average molecular weight is 254 g/mol. The summed E-state index contributed by atoms with van der Waals surface area (Å²) >= 11 is 0. The summed E-state index contributed by atoms with van der Waals surface area (Å²) in [5.74, 6) is 0.102. The first-order valence-corrected chi connectivity index (χ1v) is 6.14. The van der Waals surface area contributed by atoms with E-state index in [1.54, 1.807) is 18.2 Å². The molecule has 0 aliphatic carbocycles. The van der Waals surface area contributed by atoms with Crippen LogP contribution in [0.25, 0.3) is 10.8 Å². The summed E-state index contributed by atoms with van der Waals surface area (Å²) < 4.78 is 35.9. The zero-order valence-corrected chi connectivity index (χ0v) is 9.73. The van der Waals surface area contributed by atoms with E-state index in [4.69, 9.17) is 9.29 Å². The van der Waals surface area contributed by atoms with Crippen molar-refractivity contribution in [3.8, 4) is 11.5 Å². The summed E-state index contributed by atoms with van der Waals surface area (Å²) in [6, 6.07) is 7.43. The zero-order valence-electron chi connectivity index (χ0n) is 8.91. The number of rotatable bonds is 2. The first-order chi connectivity index (χ1) is 7.91. The van der Waals surface area contributed by atoms with E-state index >= 15 is 0 Å². The van der Waals surface area contributed by atoms with E-state index in [9.17, 15) is 13.5 Å². The van der Waals surface area contributed by atoms with Crippen LogP contribution in [0.15, 0.2) is 35.2 Å². The van der Waals surface area contributed by atoms with Gasteiger partial charge in [0.15, 0.2) is 0 Å². The maximum absolute atomic E-state index is 11.0. The van der Waals surface area contributed by atoms with E-state index in [1.165, 1.54) is 19.2 Å². The second kappa shape index (κ2) is 3.90. The van der Waals surface area contributed by atoms with Gasteiger partial charge in [0, 0.05) is 0 Å². The van der Waals surface area contributed by atoms with Crippen LogP contribution in [0, 0.1) is 0 Å². The lowest BCUT2D eigenvalue weighted by Crippen LogP contribution is -1.98. The van der Waals surface area contributed by atoms with Crippen LogP contribution in [0.5, 0.6) is 11.5 Å². The fraction of sp³-hybridized carbons (Fsp3) is 0.0909. The maximum Gasteiger partial charge on any atom is 0.298 e. The second-order valence-electron chi connectivity index (χ2n) is 3.51. The summed E-state index contributed by atoms with van der Waals surface area (Å²) in [7, 11) is -2.91. The van der Waals surface area contributed by atoms with Crippen LogP contribution in [-0.2, 0) is 10.1 Å². The van der Waals surface area contributed by atoms with Crippen molar-refractivity contribution in [2.45, 2.75) is 4.90 Å². The Bertz CT molecular complexity index is 676. The van der Waals surface area contributed by atoms with E-state index < -0.39 is 20.8 Å². The van der Waals surface area contributed by atoms with Gasteiger partial charge in [0.25, 0.3) is 10.1 Å². The third-order valence-electron chi connectivity index (χ3n) is 2.40. The quantitative estimate of drug-likeness (QED) is 0.798. The lowest BCUT2D eigenvalue weighted by Gasteiger charge is -2.06. The fourth-order valence-electron chi connectivity index (χ4n) is 1.58. The van der Waals surface area contributed by atoms with E-state index in [1.807, 2.05) is 0 Å². The maximum atomic E-state index is 11.0. The number of hydrogen-bond donors (Lipinski definition) is 2. The highest BCUT2D eigenvalue weighted by Crippen LogP contribution is 2.30. The highest BCUT2D eigenvalue weighted by molar-refractivity contribution is 7.86. The van der Waals surface area contributed by atoms with Crippen LogP contribution < -0.4 is 4.74 Å². The van der Waals surface area contributed by atoms with Crippen LogP contribution in [0.3, 0.4) is 0 Å². The zero-order chi connectivity index (χ0) is 12.6. The van der Waals surface area contributed by atoms with Crippen molar-refractivity contribution in [1.82, 2.24) is 0 Å². The molecule has 0 bridgehead atoms. The minimum Gasteiger partial charge on any atom is -0.506 e. The summed E-state index contributed by atoms with van der Waals surface area (Å²) in [4.78, 5) is -0.504. The van der Waals surface area contributed by atoms with Crippen molar-refractivity contribution < 1.29 is 22.8 Å². The minimum absolute atomic E-state index is 0.492. The van der Waals surface area contributed by atoms with Crippen LogP contribution in [-0.4, -0.2) is 25.2 Å². The van der Waals surface area contributed by atoms with Gasteiger partial charge in [-0.05, 0) is 35.0 Å². The van der Waals surface area contributed by atoms with E-state index in [0.717, 1.165) is 0 Å². The third kappa shape index (κ3) is 2.17. The first-order valence-electron chi connectivity index (χ1n) is 4.70. The summed E-state index contributed by atoms with van der Waals surface area (Å²) in [5.41, 5.74) is 0. The normalized spacial score (nSPS) is 11.6. The standard InChI is InChI=1S/C11H10O5S/c1-16-9-3-2-7-6-11(17(13,14)15)10(12)5-8(7)4-9/h2-6,12H,1H3,(H,13,14,15). The molecule has 17 heavy (non-hydrogen) atoms. The predicted molar refractivity (Wildman–Crippen MR) is 62.0 cm³/mol. The van der Waals surface area contributed by atoms with Gasteiger partial charge in [-0.15, -0.1) is 0 Å². The number of phenolic OH excluding ortho intramolecular Hbond substituents is 1. The minimum atomic E-state index is -4.42. The van der Waals surface area contributed by atoms with Gasteiger partial charge in [0.05, 0.1) is 7.11 Å². The Morgan fingerprint density at radius 3 is 2.41 bits per heavy atom. The SMILES string of the molecule is COc1ccc2cc(S(=O)(=O)O)c(O)cc2c1. The number of fused-ring (bicyclic) bond motifs is 1. The van der Waals surface area contributed by atoms with Gasteiger partial charge in [-0.25, -0.2) is 0 Å². The predicted octanol–water partition coefficient (Wildman–Crippen LogP) is 1.80. The largest absolute Gasteiger partial charge is 0.506 e. The smallest absolute Gasteiger partial charge is 0.298 e. The summed E-state index contributed by atoms with van der Waals surface area (Å²) in [5, 5.41) is 10.7. The molecule has 5 nitrogen and oxygen atoms in total. The van der Waals surface area contributed by atoms with Gasteiger partial charge < -0.3 is 9.84 Å². The second-order valence-corrected chi connectivity index (χ2v) is 4.90. The number of ether oxygens (including phenoxy) is 1. The Labute approximate surface area is 98.0 Å². The van der Waals surface area contributed by atoms with E-state index in [2.05, 4.69) is 0 Å². The number of hydrogen-bond acceptors (Lipinski definition) is 4. The van der Waals surface area contributed by atoms with Crippen molar-refractivity contribution in [1.29, 1.82) is 0 Å². The van der Waals surface area contributed by atoms with Crippen LogP contribution in [0.4, 0.5) is 0 Å². The van der Waals surface area contributed by atoms with Crippen molar-refractivity contribution in [3.63, 3.8) is 0 Å². The van der Waals surface area contributed by atoms with Crippen molar-refractivity contribution in [2.75, 3.05) is 7.11 Å². The molecular weight excluding hydrogens is 244 g/mol. The summed E-state index contributed by atoms with van der Waals surface area (Å²) in [6.45, 7) is 0. The van der Waals surface area contributed by atoms with E-state index in [0.29, 0.717) is 16.5 Å². The monoisotopic (exact) mass is 254 g/mol. The number of benzene rings is 2. The third-order valence-corrected chi connectivity index (χ3v) is 3.29. The molecule has 0 radical (unpaired) electrons. The molecule has 0 saturated carbocycles.